The fourth-order valence-corrected chi connectivity index (χ4v) is 3.76. The van der Waals surface area contributed by atoms with Crippen LogP contribution in [0.5, 0.6) is 17.4 Å². The Balaban J connectivity index is 0.00000106. The van der Waals surface area contributed by atoms with Crippen molar-refractivity contribution in [2.45, 2.75) is 25.2 Å². The van der Waals surface area contributed by atoms with Crippen molar-refractivity contribution in [3.63, 3.8) is 0 Å². The second-order valence-electron chi connectivity index (χ2n) is 7.58. The van der Waals surface area contributed by atoms with Crippen LogP contribution in [0.4, 0.5) is 17.2 Å². The van der Waals surface area contributed by atoms with Crippen LogP contribution in [0.15, 0.2) is 48.8 Å². The highest BCUT2D eigenvalue weighted by molar-refractivity contribution is 5.72. The molecule has 0 atom stereocenters. The molecule has 0 radical (unpaired) electrons. The van der Waals surface area contributed by atoms with Gasteiger partial charge in [0.05, 0.1) is 24.2 Å². The van der Waals surface area contributed by atoms with Crippen molar-refractivity contribution in [2.24, 2.45) is 0 Å². The second-order valence-corrected chi connectivity index (χ2v) is 7.58. The summed E-state index contributed by atoms with van der Waals surface area (Å²) in [4.78, 5) is 18.8. The molecule has 5 rings (SSSR count). The van der Waals surface area contributed by atoms with Gasteiger partial charge in [-0.15, -0.1) is 0 Å². The number of hydrogen-bond donors (Lipinski definition) is 1. The lowest BCUT2D eigenvalue weighted by molar-refractivity contribution is -0.0979. The minimum Gasteiger partial charge on any atom is -0.492 e. The molecular weight excluding hydrogens is 380 g/mol. The van der Waals surface area contributed by atoms with Gasteiger partial charge in [-0.05, 0) is 49.6 Å². The van der Waals surface area contributed by atoms with Gasteiger partial charge in [-0.2, -0.15) is 0 Å². The fourth-order valence-electron chi connectivity index (χ4n) is 3.76. The lowest BCUT2D eigenvalue weighted by atomic mass is 9.97. The first-order chi connectivity index (χ1) is 14.6. The molecule has 2 aromatic heterocycles. The molecule has 1 spiro atoms. The third kappa shape index (κ3) is 3.32. The number of pyridine rings is 2. The lowest BCUT2D eigenvalue weighted by Gasteiger charge is -2.20. The second kappa shape index (κ2) is 7.67. The largest absolute Gasteiger partial charge is 0.492 e. The van der Waals surface area contributed by atoms with Crippen LogP contribution >= 0.6 is 0 Å². The molecule has 1 aromatic carbocycles. The molecule has 1 aliphatic heterocycles. The topological polar surface area (TPSA) is 90.6 Å². The summed E-state index contributed by atoms with van der Waals surface area (Å²) in [6.07, 6.45) is 5.84. The van der Waals surface area contributed by atoms with Crippen molar-refractivity contribution in [1.29, 1.82) is 0 Å². The third-order valence-electron chi connectivity index (χ3n) is 5.70. The summed E-state index contributed by atoms with van der Waals surface area (Å²) in [6.45, 7) is 4.73. The Kier molecular flexibility index (Phi) is 5.03. The van der Waals surface area contributed by atoms with Crippen molar-refractivity contribution in [2.75, 3.05) is 24.3 Å². The Morgan fingerprint density at radius 1 is 1.17 bits per heavy atom. The number of nitrogen functional groups attached to an aromatic ring is 1. The van der Waals surface area contributed by atoms with Crippen LogP contribution in [0.2, 0.25) is 0 Å². The molecule has 1 fully saturated rings. The van der Waals surface area contributed by atoms with E-state index < -0.39 is 0 Å². The summed E-state index contributed by atoms with van der Waals surface area (Å²) in [5, 5.41) is 0. The molecular formula is C23H24N4O3. The van der Waals surface area contributed by atoms with Crippen molar-refractivity contribution in [1.82, 2.24) is 9.97 Å². The Bertz CT molecular complexity index is 1060. The number of nitrogens with two attached hydrogens (primary N) is 1. The molecule has 0 saturated heterocycles. The van der Waals surface area contributed by atoms with Crippen LogP contribution in [0.25, 0.3) is 0 Å². The molecule has 30 heavy (non-hydrogen) atoms. The smallest absolute Gasteiger partial charge is 0.219 e. The molecule has 0 unspecified atom stereocenters. The minimum atomic E-state index is 0.153. The van der Waals surface area contributed by atoms with Gasteiger partial charge in [-0.25, -0.2) is 9.97 Å². The quantitative estimate of drug-likeness (QED) is 0.698. The molecule has 2 N–H and O–H groups in total. The zero-order valence-electron chi connectivity index (χ0n) is 17.1. The standard InChI is InChI=1S/C22H22N4O2.CH2O/c1-14-8-11-24-21(20(14)23)26(2)15-6-7-18(25-12-15)28-17-5-3-4-16-19(17)22(9-10-22)13-27-16;1-2/h3-8,11-12H,9-10,13,23H2,1-2H3;1H2. The summed E-state index contributed by atoms with van der Waals surface area (Å²) in [7, 11) is 1.92. The van der Waals surface area contributed by atoms with Crippen LogP contribution in [-0.2, 0) is 10.2 Å². The lowest BCUT2D eigenvalue weighted by Crippen LogP contribution is -2.14. The van der Waals surface area contributed by atoms with Crippen molar-refractivity contribution < 1.29 is 14.3 Å². The number of benzene rings is 1. The van der Waals surface area contributed by atoms with E-state index >= 15 is 0 Å². The summed E-state index contributed by atoms with van der Waals surface area (Å²) in [5.41, 5.74) is 10.1. The summed E-state index contributed by atoms with van der Waals surface area (Å²) < 4.78 is 12.0. The minimum absolute atomic E-state index is 0.153. The predicted molar refractivity (Wildman–Crippen MR) is 116 cm³/mol. The molecule has 0 bridgehead atoms. The van der Waals surface area contributed by atoms with Crippen molar-refractivity contribution in [3.05, 3.63) is 59.9 Å². The number of nitrogens with zero attached hydrogens (tertiary/aromatic N) is 3. The average molecular weight is 404 g/mol. The van der Waals surface area contributed by atoms with Gasteiger partial charge in [0.15, 0.2) is 5.82 Å². The number of fused-ring (bicyclic) bond motifs is 2. The zero-order chi connectivity index (χ0) is 21.3. The maximum atomic E-state index is 8.00. The number of aryl methyl sites for hydroxylation is 1. The first-order valence-corrected chi connectivity index (χ1v) is 9.71. The first-order valence-electron chi connectivity index (χ1n) is 9.71. The van der Waals surface area contributed by atoms with Crippen LogP contribution < -0.4 is 20.1 Å². The highest BCUT2D eigenvalue weighted by Gasteiger charge is 2.52. The molecule has 1 aliphatic carbocycles. The normalized spacial score (nSPS) is 14.9. The average Bonchev–Trinajstić information content (AvgIpc) is 3.46. The van der Waals surface area contributed by atoms with Gasteiger partial charge in [0.1, 0.15) is 18.3 Å². The Hall–Kier alpha value is -3.61. The monoisotopic (exact) mass is 404 g/mol. The van der Waals surface area contributed by atoms with E-state index in [2.05, 4.69) is 9.97 Å². The van der Waals surface area contributed by atoms with Gasteiger partial charge in [-0.1, -0.05) is 6.07 Å². The van der Waals surface area contributed by atoms with Crippen LogP contribution in [0.3, 0.4) is 0 Å². The highest BCUT2D eigenvalue weighted by Crippen LogP contribution is 2.58. The molecule has 0 amide bonds. The maximum absolute atomic E-state index is 8.00. The molecule has 1 saturated carbocycles. The van der Waals surface area contributed by atoms with E-state index in [1.807, 2.05) is 62.1 Å². The van der Waals surface area contributed by atoms with E-state index in [0.717, 1.165) is 42.2 Å². The van der Waals surface area contributed by atoms with Gasteiger partial charge in [0.25, 0.3) is 0 Å². The highest BCUT2D eigenvalue weighted by atomic mass is 16.5. The van der Waals surface area contributed by atoms with Crippen LogP contribution in [-0.4, -0.2) is 30.4 Å². The van der Waals surface area contributed by atoms with Crippen LogP contribution in [0, 0.1) is 6.92 Å². The Morgan fingerprint density at radius 3 is 2.67 bits per heavy atom. The molecule has 3 heterocycles. The van der Waals surface area contributed by atoms with E-state index in [1.165, 1.54) is 5.56 Å². The van der Waals surface area contributed by atoms with Crippen molar-refractivity contribution >= 4 is 24.0 Å². The van der Waals surface area contributed by atoms with E-state index in [0.29, 0.717) is 17.4 Å². The fraction of sp³-hybridized carbons (Fsp3) is 0.261. The summed E-state index contributed by atoms with van der Waals surface area (Å²) in [5.74, 6) is 3.04. The predicted octanol–water partition coefficient (Wildman–Crippen LogP) is 4.17. The number of carbonyl (C=O) groups excluding carboxylic acids is 1. The molecule has 154 valence electrons. The number of aromatic nitrogens is 2. The number of carbonyl (C=O) groups is 1. The summed E-state index contributed by atoms with van der Waals surface area (Å²) in [6, 6.07) is 11.7. The van der Waals surface area contributed by atoms with Gasteiger partial charge in [0, 0.05) is 30.3 Å². The Labute approximate surface area is 175 Å². The van der Waals surface area contributed by atoms with E-state index in [-0.39, 0.29) is 5.41 Å². The number of hydrogen-bond acceptors (Lipinski definition) is 7. The number of rotatable bonds is 4. The van der Waals surface area contributed by atoms with Gasteiger partial charge < -0.3 is 24.9 Å². The summed E-state index contributed by atoms with van der Waals surface area (Å²) >= 11 is 0. The zero-order valence-corrected chi connectivity index (χ0v) is 17.1. The van der Waals surface area contributed by atoms with E-state index in [1.54, 1.807) is 12.4 Å². The molecule has 7 heteroatoms. The maximum Gasteiger partial charge on any atom is 0.219 e. The molecule has 7 nitrogen and oxygen atoms in total. The van der Waals surface area contributed by atoms with Crippen LogP contribution in [0.1, 0.15) is 24.0 Å². The van der Waals surface area contributed by atoms with Gasteiger partial charge in [0.2, 0.25) is 5.88 Å². The first kappa shape index (κ1) is 19.7. The molecule has 2 aliphatic rings. The third-order valence-corrected chi connectivity index (χ3v) is 5.70. The Morgan fingerprint density at radius 2 is 1.97 bits per heavy atom. The SMILES string of the molecule is C=O.Cc1ccnc(N(C)c2ccc(Oc3cccc4c3C3(CC3)CO4)nc2)c1N. The number of ether oxygens (including phenoxy) is 2. The van der Waals surface area contributed by atoms with Gasteiger partial charge >= 0.3 is 0 Å². The van der Waals surface area contributed by atoms with Crippen molar-refractivity contribution in [3.8, 4) is 17.4 Å². The number of anilines is 3. The van der Waals surface area contributed by atoms with E-state index in [4.69, 9.17) is 20.0 Å². The van der Waals surface area contributed by atoms with Gasteiger partial charge in [-0.3, -0.25) is 0 Å². The van der Waals surface area contributed by atoms with E-state index in [9.17, 15) is 0 Å². The molecule has 3 aromatic rings.